The fourth-order valence-corrected chi connectivity index (χ4v) is 21.0. The number of piperidine rings is 4. The number of benzene rings is 4. The van der Waals surface area contributed by atoms with E-state index in [2.05, 4.69) is 27.5 Å². The highest BCUT2D eigenvalue weighted by Gasteiger charge is 2.54. The number of halogens is 10. The van der Waals surface area contributed by atoms with Gasteiger partial charge in [-0.15, -0.1) is 0 Å². The Hall–Kier alpha value is -11.5. The van der Waals surface area contributed by atoms with Crippen molar-refractivity contribution >= 4 is 41.1 Å². The summed E-state index contributed by atoms with van der Waals surface area (Å²) in [4.78, 5) is 105. The second-order valence-electron chi connectivity index (χ2n) is 36.8. The zero-order chi connectivity index (χ0) is 96.9. The molecule has 4 spiro atoms. The standard InChI is InChI=1S/C26H32F3N3O4.C25H29F3N4O2.C25H33N3O3.C22H23F4N3O3.H2/c1-5-23(33)32-15-14-31-21(8-9-22(31)26(27,28)29)25(32)10-12-30(13-11-25)24(34)18-6-7-19(36-17(2)3)20(16-18)35-4;1-16-13-17(5-6-19(16)23(2,3)34)22(33)31-9-7-24(8-10-31)21-18(15-29)14-20(25(26,27)28)32(21)12-11-30(24)4;1-17(2)31-22-8-6-20(16-18(22)3)24(30)27-12-10-25(11-13-27)23-9-7-21(19(4)29)28(23)15-14-26(25)5;1-27-11-12-29-16(19(30)22(24,25)26)4-6-18(29)21(27)7-9-28(10-8-21)20(31)14-3-5-17(32-2)15(23)13-14;/h6-9,16-17H,5,10-15H2,1-4H3;5-6,13-14,34H,7-12H2,1-4H3;6-9,16-17H,10-15H2,1-5H3;3-6,13H,7-12H2,1-2H3;1H. The zero-order valence-electron chi connectivity index (χ0n) is 77.8. The number of ether oxygens (including phenoxy) is 4. The van der Waals surface area contributed by atoms with E-state index in [1.165, 1.54) is 57.9 Å². The first-order valence-corrected chi connectivity index (χ1v) is 45.0. The molecule has 5 amide bonds. The minimum absolute atomic E-state index is 0. The molecule has 1 N–H and O–H groups in total. The third-order valence-corrected chi connectivity index (χ3v) is 27.9. The second kappa shape index (κ2) is 38.5. The number of fused-ring (bicyclic) bond motifs is 8. The van der Waals surface area contributed by atoms with E-state index in [4.69, 9.17) is 18.9 Å². The van der Waals surface area contributed by atoms with Gasteiger partial charge in [0.2, 0.25) is 5.91 Å². The third kappa shape index (κ3) is 19.4. The summed E-state index contributed by atoms with van der Waals surface area (Å²) in [6.07, 6.45) is -9.34. The molecule has 8 aromatic rings. The Kier molecular flexibility index (Phi) is 28.6. The molecule has 4 aromatic heterocycles. The Morgan fingerprint density at radius 3 is 1.27 bits per heavy atom. The van der Waals surface area contributed by atoms with Gasteiger partial charge in [0.1, 0.15) is 23.2 Å². The van der Waals surface area contributed by atoms with Crippen LogP contribution in [0.15, 0.2) is 115 Å². The minimum Gasteiger partial charge on any atom is -0.494 e. The molecule has 4 aromatic carbocycles. The van der Waals surface area contributed by atoms with E-state index >= 15 is 0 Å². The highest BCUT2D eigenvalue weighted by molar-refractivity contribution is 6.00. The van der Waals surface area contributed by atoms with Crippen molar-refractivity contribution in [2.45, 2.75) is 212 Å². The van der Waals surface area contributed by atoms with Crippen molar-refractivity contribution in [1.29, 1.82) is 5.26 Å². The van der Waals surface area contributed by atoms with Crippen molar-refractivity contribution in [3.8, 4) is 29.1 Å². The Morgan fingerprint density at radius 1 is 0.451 bits per heavy atom. The molecular weight excluding hydrogens is 1740 g/mol. The van der Waals surface area contributed by atoms with Crippen molar-refractivity contribution in [3.63, 3.8) is 0 Å². The van der Waals surface area contributed by atoms with Crippen LogP contribution in [0.4, 0.5) is 43.9 Å². The van der Waals surface area contributed by atoms with E-state index in [1.54, 1.807) is 89.8 Å². The molecule has 25 nitrogen and oxygen atoms in total. The van der Waals surface area contributed by atoms with Crippen molar-refractivity contribution in [2.24, 2.45) is 0 Å². The number of carbonyl (C=O) groups excluding carboxylic acids is 7. The van der Waals surface area contributed by atoms with Crippen LogP contribution in [-0.2, 0) is 71.1 Å². The first-order chi connectivity index (χ1) is 62.6. The number of hydrogen-bond donors (Lipinski definition) is 1. The summed E-state index contributed by atoms with van der Waals surface area (Å²) in [6.45, 7) is 25.3. The molecule has 8 aliphatic rings. The smallest absolute Gasteiger partial charge is 0.456 e. The van der Waals surface area contributed by atoms with Crippen molar-refractivity contribution in [3.05, 3.63) is 211 Å². The van der Waals surface area contributed by atoms with Gasteiger partial charge in [0.15, 0.2) is 28.8 Å². The molecule has 12 heterocycles. The Balaban J connectivity index is 0.000000161. The molecule has 8 aliphatic heterocycles. The van der Waals surface area contributed by atoms with Crippen LogP contribution in [0.3, 0.4) is 0 Å². The van der Waals surface area contributed by atoms with Gasteiger partial charge >= 0.3 is 18.5 Å². The van der Waals surface area contributed by atoms with Crippen LogP contribution in [0, 0.1) is 31.0 Å². The Labute approximate surface area is 769 Å². The van der Waals surface area contributed by atoms with Crippen molar-refractivity contribution in [2.75, 3.05) is 114 Å². The van der Waals surface area contributed by atoms with Crippen LogP contribution < -0.4 is 18.9 Å². The lowest BCUT2D eigenvalue weighted by atomic mass is 9.80. The molecule has 4 saturated heterocycles. The van der Waals surface area contributed by atoms with Crippen LogP contribution in [0.25, 0.3) is 0 Å². The fraction of sp³-hybridized carbons (Fsp3) is 0.510. The van der Waals surface area contributed by atoms with Gasteiger partial charge < -0.3 is 66.8 Å². The molecule has 0 radical (unpaired) electrons. The number of nitrogens with zero attached hydrogens (tertiary/aromatic N) is 13. The quantitative estimate of drug-likeness (QED) is 0.0785. The average molecular weight is 1860 g/mol. The summed E-state index contributed by atoms with van der Waals surface area (Å²) in [7, 11) is 8.79. The average Bonchev–Trinajstić information content (AvgIpc) is 1.56. The lowest BCUT2D eigenvalue weighted by Crippen LogP contribution is -2.59. The molecule has 35 heteroatoms. The summed E-state index contributed by atoms with van der Waals surface area (Å²) < 4.78 is 163. The van der Waals surface area contributed by atoms with Gasteiger partial charge in [-0.2, -0.15) is 44.8 Å². The molecule has 133 heavy (non-hydrogen) atoms. The summed E-state index contributed by atoms with van der Waals surface area (Å²) in [5, 5.41) is 19.9. The molecule has 16 rings (SSSR count). The number of likely N-dealkylation sites (N-methyl/N-ethyl adjacent to an activating group) is 3. The van der Waals surface area contributed by atoms with E-state index in [1.807, 2.05) is 95.8 Å². The first kappa shape index (κ1) is 99.0. The maximum atomic E-state index is 14.0. The van der Waals surface area contributed by atoms with Gasteiger partial charge in [-0.3, -0.25) is 48.3 Å². The van der Waals surface area contributed by atoms with Gasteiger partial charge in [-0.05, 0) is 254 Å². The van der Waals surface area contributed by atoms with E-state index in [0.29, 0.717) is 149 Å². The summed E-state index contributed by atoms with van der Waals surface area (Å²) in [5.41, 5.74) is 2.86. The highest BCUT2D eigenvalue weighted by atomic mass is 19.4. The number of nitriles is 1. The number of amides is 5. The number of methoxy groups -OCH3 is 2. The molecule has 0 bridgehead atoms. The van der Waals surface area contributed by atoms with Crippen LogP contribution in [0.1, 0.15) is 233 Å². The van der Waals surface area contributed by atoms with E-state index < -0.39 is 63.7 Å². The summed E-state index contributed by atoms with van der Waals surface area (Å²) in [5.74, 6) is -1.18. The fourth-order valence-electron chi connectivity index (χ4n) is 21.0. The van der Waals surface area contributed by atoms with Crippen molar-refractivity contribution in [1.82, 2.24) is 57.5 Å². The Bertz CT molecular complexity index is 5750. The zero-order valence-corrected chi connectivity index (χ0v) is 77.8. The molecule has 0 unspecified atom stereocenters. The monoisotopic (exact) mass is 1860 g/mol. The normalized spacial score (nSPS) is 18.2. The minimum atomic E-state index is -4.94. The van der Waals surface area contributed by atoms with Crippen LogP contribution in [0.2, 0.25) is 0 Å². The van der Waals surface area contributed by atoms with Gasteiger partial charge in [0.25, 0.3) is 29.4 Å². The lowest BCUT2D eigenvalue weighted by Gasteiger charge is -2.52. The van der Waals surface area contributed by atoms with Gasteiger partial charge in [0.05, 0.1) is 76.8 Å². The number of Topliss-reactive ketones (excluding diaryl/α,β-unsaturated/α-hetero) is 2. The molecular formula is C98H119F10N13O12. The predicted octanol–water partition coefficient (Wildman–Crippen LogP) is 16.2. The largest absolute Gasteiger partial charge is 0.494 e. The maximum absolute atomic E-state index is 14.0. The number of ketones is 2. The highest BCUT2D eigenvalue weighted by Crippen LogP contribution is 2.50. The number of aromatic nitrogens is 4. The SMILES string of the molecule is CC(=O)c1ccc2n1CCN(C)C21CCN(C(=O)c2ccc(OC(C)C)c(C)c2)CC1.CCC(=O)N1CCn2c(C(F)(F)F)ccc2C12CCN(C(=O)c1ccc(OC(C)C)c(OC)c1)CC2.COc1ccc(C(=O)N2CCC3(CC2)c2ccc(C(=O)C(F)(F)F)n2CCN3C)cc1F.Cc1cc(C(=O)N2CCC3(CC2)c2c(C#N)cc(C(F)(F)F)n2CCN3C)ccc1C(C)(C)O.[HH]. The molecule has 718 valence electrons. The van der Waals surface area contributed by atoms with Gasteiger partial charge in [-0.1, -0.05) is 13.0 Å². The van der Waals surface area contributed by atoms with Gasteiger partial charge in [0, 0.05) is 159 Å². The molecule has 0 atom stereocenters. The third-order valence-electron chi connectivity index (χ3n) is 27.9. The predicted molar refractivity (Wildman–Crippen MR) is 477 cm³/mol. The number of carbonyl (C=O) groups is 7. The van der Waals surface area contributed by atoms with E-state index in [9.17, 15) is 87.8 Å². The molecule has 4 fully saturated rings. The van der Waals surface area contributed by atoms with Gasteiger partial charge in [-0.25, -0.2) is 4.39 Å². The topological polar surface area (TPSA) is 246 Å². The van der Waals surface area contributed by atoms with Crippen LogP contribution in [0.5, 0.6) is 23.0 Å². The number of likely N-dealkylation sites (tertiary alicyclic amines) is 4. The van der Waals surface area contributed by atoms with Crippen molar-refractivity contribution < 1.29 is 103 Å². The van der Waals surface area contributed by atoms with E-state index in [-0.39, 0.29) is 110 Å². The Morgan fingerprint density at radius 2 is 0.842 bits per heavy atom. The second-order valence-corrected chi connectivity index (χ2v) is 36.8. The lowest BCUT2D eigenvalue weighted by molar-refractivity contribution is -0.148. The van der Waals surface area contributed by atoms with E-state index in [0.717, 1.165) is 72.3 Å². The number of aryl methyl sites for hydroxylation is 2. The first-order valence-electron chi connectivity index (χ1n) is 45.0. The summed E-state index contributed by atoms with van der Waals surface area (Å²) >= 11 is 0. The number of aliphatic hydroxyl groups is 1. The van der Waals surface area contributed by atoms with Crippen LogP contribution in [-0.4, -0.2) is 236 Å². The molecule has 0 saturated carbocycles. The summed E-state index contributed by atoms with van der Waals surface area (Å²) in [6, 6.07) is 32.4. The van der Waals surface area contributed by atoms with Crippen LogP contribution >= 0.6 is 0 Å². The number of rotatable bonds is 14. The number of alkyl halides is 9. The maximum Gasteiger partial charge on any atom is 0.456 e. The number of hydrogen-bond acceptors (Lipinski definition) is 16. The molecule has 0 aliphatic carbocycles.